The first-order chi connectivity index (χ1) is 10.8. The Morgan fingerprint density at radius 1 is 1.32 bits per heavy atom. The molecule has 22 heavy (non-hydrogen) atoms. The van der Waals surface area contributed by atoms with Crippen LogP contribution in [0.1, 0.15) is 24.4 Å². The zero-order valence-corrected chi connectivity index (χ0v) is 13.2. The summed E-state index contributed by atoms with van der Waals surface area (Å²) >= 11 is 1.73. The first kappa shape index (κ1) is 13.9. The Morgan fingerprint density at radius 3 is 3.05 bits per heavy atom. The number of likely N-dealkylation sites (tertiary alicyclic amines) is 1. The summed E-state index contributed by atoms with van der Waals surface area (Å²) in [4.78, 5) is 20.3. The number of hydrogen-bond acceptors (Lipinski definition) is 3. The number of carbonyl (C=O) groups excluding carboxylic acids is 1. The van der Waals surface area contributed by atoms with Gasteiger partial charge in [-0.15, -0.1) is 11.8 Å². The van der Waals surface area contributed by atoms with E-state index in [1.165, 1.54) is 10.5 Å². The SMILES string of the molecule is O=C([C@@H]1Cc2ccccc2S1)N1CCC[C@@H](n2ccnc2)C1. The summed E-state index contributed by atoms with van der Waals surface area (Å²) < 4.78 is 2.13. The van der Waals surface area contributed by atoms with Gasteiger partial charge in [0.25, 0.3) is 0 Å². The Balaban J connectivity index is 1.45. The van der Waals surface area contributed by atoms with E-state index in [0.29, 0.717) is 11.9 Å². The quantitative estimate of drug-likeness (QED) is 0.855. The number of piperidine rings is 1. The maximum Gasteiger partial charge on any atom is 0.236 e. The molecular weight excluding hydrogens is 294 g/mol. The molecule has 0 aliphatic carbocycles. The second-order valence-electron chi connectivity index (χ2n) is 6.01. The maximum atomic E-state index is 12.9. The van der Waals surface area contributed by atoms with Crippen molar-refractivity contribution in [2.45, 2.75) is 35.4 Å². The first-order valence-corrected chi connectivity index (χ1v) is 8.70. The van der Waals surface area contributed by atoms with Gasteiger partial charge in [0.1, 0.15) is 0 Å². The molecule has 2 aromatic rings. The van der Waals surface area contributed by atoms with E-state index in [1.54, 1.807) is 11.8 Å². The van der Waals surface area contributed by atoms with Gasteiger partial charge in [-0.1, -0.05) is 18.2 Å². The molecule has 1 aromatic heterocycles. The number of imidazole rings is 1. The largest absolute Gasteiger partial charge is 0.340 e. The molecule has 2 aliphatic rings. The highest BCUT2D eigenvalue weighted by Crippen LogP contribution is 2.38. The lowest BCUT2D eigenvalue weighted by Gasteiger charge is -2.34. The van der Waals surface area contributed by atoms with Crippen molar-refractivity contribution in [3.05, 3.63) is 48.5 Å². The zero-order valence-electron chi connectivity index (χ0n) is 12.4. The second kappa shape index (κ2) is 5.80. The third-order valence-electron chi connectivity index (χ3n) is 4.58. The topological polar surface area (TPSA) is 38.1 Å². The number of rotatable bonds is 2. The number of benzene rings is 1. The summed E-state index contributed by atoms with van der Waals surface area (Å²) in [6, 6.07) is 8.74. The van der Waals surface area contributed by atoms with Crippen LogP contribution in [0.25, 0.3) is 0 Å². The minimum Gasteiger partial charge on any atom is -0.340 e. The highest BCUT2D eigenvalue weighted by atomic mass is 32.2. The number of nitrogens with zero attached hydrogens (tertiary/aromatic N) is 3. The molecule has 3 heterocycles. The van der Waals surface area contributed by atoms with E-state index in [-0.39, 0.29) is 5.25 Å². The summed E-state index contributed by atoms with van der Waals surface area (Å²) in [6.07, 6.45) is 8.73. The normalized spacial score (nSPS) is 24.3. The Hall–Kier alpha value is -1.75. The number of amides is 1. The molecule has 2 atom stereocenters. The Morgan fingerprint density at radius 2 is 2.23 bits per heavy atom. The molecule has 0 N–H and O–H groups in total. The number of carbonyl (C=O) groups is 1. The van der Waals surface area contributed by atoms with Crippen LogP contribution in [0.15, 0.2) is 47.9 Å². The van der Waals surface area contributed by atoms with Gasteiger partial charge >= 0.3 is 0 Å². The average molecular weight is 313 g/mol. The minimum absolute atomic E-state index is 0.0546. The van der Waals surface area contributed by atoms with Crippen molar-refractivity contribution in [3.63, 3.8) is 0 Å². The summed E-state index contributed by atoms with van der Waals surface area (Å²) in [5.74, 6) is 0.297. The molecule has 1 fully saturated rings. The van der Waals surface area contributed by atoms with Crippen LogP contribution in [0.3, 0.4) is 0 Å². The monoisotopic (exact) mass is 313 g/mol. The fourth-order valence-corrected chi connectivity index (χ4v) is 4.69. The molecule has 0 spiro atoms. The third-order valence-corrected chi connectivity index (χ3v) is 5.88. The first-order valence-electron chi connectivity index (χ1n) is 7.82. The molecular formula is C17H19N3OS. The lowest BCUT2D eigenvalue weighted by Crippen LogP contribution is -2.44. The van der Waals surface area contributed by atoms with Gasteiger partial charge in [0.2, 0.25) is 5.91 Å². The van der Waals surface area contributed by atoms with Gasteiger partial charge in [-0.2, -0.15) is 0 Å². The van der Waals surface area contributed by atoms with Crippen LogP contribution in [0, 0.1) is 0 Å². The van der Waals surface area contributed by atoms with Crippen LogP contribution >= 0.6 is 11.8 Å². The van der Waals surface area contributed by atoms with Gasteiger partial charge in [0.15, 0.2) is 0 Å². The van der Waals surface area contributed by atoms with Gasteiger partial charge in [-0.05, 0) is 30.9 Å². The van der Waals surface area contributed by atoms with Crippen molar-refractivity contribution in [1.82, 2.24) is 14.5 Å². The molecule has 0 radical (unpaired) electrons. The van der Waals surface area contributed by atoms with Crippen molar-refractivity contribution in [2.75, 3.05) is 13.1 Å². The predicted octanol–water partition coefficient (Wildman–Crippen LogP) is 2.76. The number of aromatic nitrogens is 2. The summed E-state index contributed by atoms with van der Waals surface area (Å²) in [6.45, 7) is 1.69. The number of hydrogen-bond donors (Lipinski definition) is 0. The zero-order chi connectivity index (χ0) is 14.9. The Bertz CT molecular complexity index is 645. The van der Waals surface area contributed by atoms with E-state index in [1.807, 2.05) is 18.7 Å². The van der Waals surface area contributed by atoms with Gasteiger partial charge in [-0.3, -0.25) is 4.79 Å². The predicted molar refractivity (Wildman–Crippen MR) is 86.9 cm³/mol. The van der Waals surface area contributed by atoms with Gasteiger partial charge in [0.05, 0.1) is 17.6 Å². The minimum atomic E-state index is 0.0546. The smallest absolute Gasteiger partial charge is 0.236 e. The van der Waals surface area contributed by atoms with Crippen LogP contribution in [-0.4, -0.2) is 38.7 Å². The van der Waals surface area contributed by atoms with E-state index in [2.05, 4.69) is 38.7 Å². The van der Waals surface area contributed by atoms with Crippen LogP contribution < -0.4 is 0 Å². The van der Waals surface area contributed by atoms with Crippen LogP contribution in [0.4, 0.5) is 0 Å². The Labute approximate surface area is 134 Å². The van der Waals surface area contributed by atoms with Crippen molar-refractivity contribution in [3.8, 4) is 0 Å². The van der Waals surface area contributed by atoms with Crippen molar-refractivity contribution in [1.29, 1.82) is 0 Å². The average Bonchev–Trinajstić information content (AvgIpc) is 3.23. The summed E-state index contributed by atoms with van der Waals surface area (Å²) in [7, 11) is 0. The fourth-order valence-electron chi connectivity index (χ4n) is 3.41. The molecule has 0 saturated carbocycles. The van der Waals surface area contributed by atoms with Gasteiger partial charge < -0.3 is 9.47 Å². The Kier molecular flexibility index (Phi) is 3.66. The summed E-state index contributed by atoms with van der Waals surface area (Å²) in [5, 5.41) is 0.0546. The van der Waals surface area contributed by atoms with E-state index in [9.17, 15) is 4.79 Å². The molecule has 1 aromatic carbocycles. The molecule has 2 aliphatic heterocycles. The molecule has 0 unspecified atom stereocenters. The fraction of sp³-hybridized carbons (Fsp3) is 0.412. The van der Waals surface area contributed by atoms with Crippen molar-refractivity contribution in [2.24, 2.45) is 0 Å². The molecule has 1 amide bonds. The van der Waals surface area contributed by atoms with E-state index in [0.717, 1.165) is 32.4 Å². The van der Waals surface area contributed by atoms with Crippen LogP contribution in [-0.2, 0) is 11.2 Å². The standard InChI is InChI=1S/C17H19N3OS/c21-17(16-10-13-4-1-2-6-15(13)22-16)19-8-3-5-14(11-19)20-9-7-18-12-20/h1-2,4,6-7,9,12,14,16H,3,5,8,10-11H2/t14-,16+/m1/s1. The van der Waals surface area contributed by atoms with E-state index < -0.39 is 0 Å². The molecule has 4 rings (SSSR count). The van der Waals surface area contributed by atoms with Gasteiger partial charge in [0, 0.05) is 30.4 Å². The second-order valence-corrected chi connectivity index (χ2v) is 7.25. The molecule has 5 heteroatoms. The van der Waals surface area contributed by atoms with E-state index in [4.69, 9.17) is 0 Å². The molecule has 1 saturated heterocycles. The summed E-state index contributed by atoms with van der Waals surface area (Å²) in [5.41, 5.74) is 1.31. The van der Waals surface area contributed by atoms with Crippen molar-refractivity contribution >= 4 is 17.7 Å². The number of thioether (sulfide) groups is 1. The van der Waals surface area contributed by atoms with E-state index >= 15 is 0 Å². The maximum absolute atomic E-state index is 12.9. The highest BCUT2D eigenvalue weighted by molar-refractivity contribution is 8.01. The highest BCUT2D eigenvalue weighted by Gasteiger charge is 2.33. The van der Waals surface area contributed by atoms with Crippen molar-refractivity contribution < 1.29 is 4.79 Å². The third kappa shape index (κ3) is 2.54. The number of fused-ring (bicyclic) bond motifs is 1. The van der Waals surface area contributed by atoms with Gasteiger partial charge in [-0.25, -0.2) is 4.98 Å². The lowest BCUT2D eigenvalue weighted by atomic mass is 10.0. The lowest BCUT2D eigenvalue weighted by molar-refractivity contribution is -0.132. The van der Waals surface area contributed by atoms with Crippen LogP contribution in [0.5, 0.6) is 0 Å². The molecule has 114 valence electrons. The van der Waals surface area contributed by atoms with Crippen LogP contribution in [0.2, 0.25) is 0 Å². The molecule has 4 nitrogen and oxygen atoms in total. The molecule has 0 bridgehead atoms.